The first kappa shape index (κ1) is 12.2. The minimum absolute atomic E-state index is 0.0915. The Morgan fingerprint density at radius 1 is 1.32 bits per heavy atom. The van der Waals surface area contributed by atoms with Crippen LogP contribution in [0.25, 0.3) is 0 Å². The van der Waals surface area contributed by atoms with E-state index in [0.717, 1.165) is 19.3 Å². The maximum Gasteiger partial charge on any atom is 0.255 e. The molecule has 3 rings (SSSR count). The monoisotopic (exact) mass is 262 g/mol. The molecule has 0 radical (unpaired) electrons. The lowest BCUT2D eigenvalue weighted by atomic mass is 9.95. The van der Waals surface area contributed by atoms with Gasteiger partial charge in [-0.15, -0.1) is 0 Å². The van der Waals surface area contributed by atoms with Crippen molar-refractivity contribution in [3.8, 4) is 0 Å². The van der Waals surface area contributed by atoms with Crippen molar-refractivity contribution in [2.75, 3.05) is 11.4 Å². The largest absolute Gasteiger partial charge is 0.354 e. The Morgan fingerprint density at radius 3 is 2.89 bits per heavy atom. The van der Waals surface area contributed by atoms with E-state index in [4.69, 9.17) is 0 Å². The van der Waals surface area contributed by atoms with E-state index < -0.39 is 0 Å². The number of nitrogens with zero attached hydrogens (tertiary/aromatic N) is 2. The quantitative estimate of drug-likeness (QED) is 0.764. The number of anilines is 1. The molecule has 3 heterocycles. The van der Waals surface area contributed by atoms with Crippen LogP contribution in [0.2, 0.25) is 0 Å². The maximum atomic E-state index is 11.7. The van der Waals surface area contributed by atoms with Gasteiger partial charge >= 0.3 is 0 Å². The maximum absolute atomic E-state index is 11.7. The van der Waals surface area contributed by atoms with Crippen LogP contribution in [0.3, 0.4) is 0 Å². The Balaban J connectivity index is 1.99. The van der Waals surface area contributed by atoms with Gasteiger partial charge in [-0.3, -0.25) is 14.6 Å². The third-order valence-electron chi connectivity index (χ3n) is 4.03. The number of amides is 1. The van der Waals surface area contributed by atoms with Crippen molar-refractivity contribution in [3.63, 3.8) is 0 Å². The Kier molecular flexibility index (Phi) is 3.00. The lowest BCUT2D eigenvalue weighted by Gasteiger charge is -2.40. The van der Waals surface area contributed by atoms with Gasteiger partial charge in [0.15, 0.2) is 0 Å². The summed E-state index contributed by atoms with van der Waals surface area (Å²) in [5, 5.41) is 2.94. The van der Waals surface area contributed by atoms with Gasteiger partial charge in [-0.1, -0.05) is 0 Å². The summed E-state index contributed by atoms with van der Waals surface area (Å²) in [5.41, 5.74) is 0.504. The molecule has 102 valence electrons. The van der Waals surface area contributed by atoms with Crippen molar-refractivity contribution in [2.24, 2.45) is 0 Å². The number of piperidine rings is 1. The van der Waals surface area contributed by atoms with E-state index in [1.165, 1.54) is 0 Å². The fourth-order valence-electron chi connectivity index (χ4n) is 3.01. The molecule has 2 N–H and O–H groups in total. The highest BCUT2D eigenvalue weighted by Crippen LogP contribution is 2.29. The fourth-order valence-corrected chi connectivity index (χ4v) is 3.01. The summed E-state index contributed by atoms with van der Waals surface area (Å²) >= 11 is 0. The number of hydrogen-bond donors (Lipinski definition) is 2. The van der Waals surface area contributed by atoms with Gasteiger partial charge in [0.05, 0.1) is 0 Å². The number of nitrogens with one attached hydrogen (secondary N) is 2. The molecule has 1 aromatic heterocycles. The van der Waals surface area contributed by atoms with Crippen LogP contribution in [0.1, 0.15) is 31.2 Å². The second kappa shape index (κ2) is 4.68. The molecule has 1 aromatic rings. The van der Waals surface area contributed by atoms with Crippen LogP contribution >= 0.6 is 0 Å². The van der Waals surface area contributed by atoms with E-state index in [1.54, 1.807) is 13.1 Å². The zero-order valence-corrected chi connectivity index (χ0v) is 11.0. The molecule has 2 fully saturated rings. The highest BCUT2D eigenvalue weighted by atomic mass is 16.1. The predicted molar refractivity (Wildman–Crippen MR) is 71.1 cm³/mol. The first-order chi connectivity index (χ1) is 9.15. The summed E-state index contributed by atoms with van der Waals surface area (Å²) in [6.07, 6.45) is 5.20. The van der Waals surface area contributed by atoms with Crippen molar-refractivity contribution in [2.45, 2.75) is 44.7 Å². The number of aromatic amines is 1. The van der Waals surface area contributed by atoms with Crippen LogP contribution in [0.4, 0.5) is 5.95 Å². The van der Waals surface area contributed by atoms with Crippen molar-refractivity contribution >= 4 is 11.9 Å². The molecule has 2 atom stereocenters. The smallest absolute Gasteiger partial charge is 0.255 e. The zero-order chi connectivity index (χ0) is 13.4. The van der Waals surface area contributed by atoms with Crippen LogP contribution in [0, 0.1) is 6.92 Å². The van der Waals surface area contributed by atoms with Crippen LogP contribution in [-0.2, 0) is 4.79 Å². The predicted octanol–water partition coefficient (Wildman–Crippen LogP) is 0.326. The van der Waals surface area contributed by atoms with Crippen molar-refractivity contribution < 1.29 is 4.79 Å². The van der Waals surface area contributed by atoms with Gasteiger partial charge in [0.25, 0.3) is 5.56 Å². The molecule has 0 aromatic carbocycles. The van der Waals surface area contributed by atoms with Gasteiger partial charge in [0.1, 0.15) is 0 Å². The average molecular weight is 262 g/mol. The Hall–Kier alpha value is -1.85. The molecule has 0 saturated carbocycles. The highest BCUT2D eigenvalue weighted by molar-refractivity contribution is 5.78. The lowest BCUT2D eigenvalue weighted by Crippen LogP contribution is -2.49. The summed E-state index contributed by atoms with van der Waals surface area (Å²) in [6, 6.07) is 0.378. The summed E-state index contributed by atoms with van der Waals surface area (Å²) in [4.78, 5) is 32.7. The molecule has 2 aliphatic rings. The average Bonchev–Trinajstić information content (AvgIpc) is 2.48. The molecule has 19 heavy (non-hydrogen) atoms. The van der Waals surface area contributed by atoms with Crippen LogP contribution in [0.5, 0.6) is 0 Å². The molecule has 0 aliphatic carbocycles. The molecule has 2 unspecified atom stereocenters. The minimum Gasteiger partial charge on any atom is -0.354 e. The van der Waals surface area contributed by atoms with Crippen molar-refractivity contribution in [3.05, 3.63) is 22.1 Å². The highest BCUT2D eigenvalue weighted by Gasteiger charge is 2.36. The molecule has 2 saturated heterocycles. The Bertz CT molecular complexity index is 554. The number of aryl methyl sites for hydroxylation is 1. The van der Waals surface area contributed by atoms with Gasteiger partial charge in [-0.2, -0.15) is 0 Å². The molecular weight excluding hydrogens is 244 g/mol. The lowest BCUT2D eigenvalue weighted by molar-refractivity contribution is -0.121. The normalized spacial score (nSPS) is 26.8. The van der Waals surface area contributed by atoms with Crippen LogP contribution < -0.4 is 15.8 Å². The number of carbonyl (C=O) groups excluding carboxylic acids is 1. The van der Waals surface area contributed by atoms with E-state index in [9.17, 15) is 9.59 Å². The van der Waals surface area contributed by atoms with Gasteiger partial charge < -0.3 is 10.2 Å². The third kappa shape index (κ3) is 2.22. The summed E-state index contributed by atoms with van der Waals surface area (Å²) in [6.45, 7) is 2.37. The van der Waals surface area contributed by atoms with E-state index in [-0.39, 0.29) is 23.6 Å². The molecule has 6 nitrogen and oxygen atoms in total. The first-order valence-electron chi connectivity index (χ1n) is 6.76. The zero-order valence-electron chi connectivity index (χ0n) is 11.0. The van der Waals surface area contributed by atoms with Gasteiger partial charge in [0, 0.05) is 36.8 Å². The third-order valence-corrected chi connectivity index (χ3v) is 4.03. The van der Waals surface area contributed by atoms with E-state index in [2.05, 4.69) is 20.2 Å². The SMILES string of the molecule is Cc1cnc(N2C3CCCC2CC(=O)NC3)[nH]c1=O. The number of aromatic nitrogens is 2. The molecule has 0 spiro atoms. The molecular formula is C13H18N4O2. The first-order valence-corrected chi connectivity index (χ1v) is 6.76. The van der Waals surface area contributed by atoms with Crippen molar-refractivity contribution in [1.29, 1.82) is 0 Å². The van der Waals surface area contributed by atoms with Crippen molar-refractivity contribution in [1.82, 2.24) is 15.3 Å². The number of rotatable bonds is 1. The summed E-state index contributed by atoms with van der Waals surface area (Å²) in [7, 11) is 0. The van der Waals surface area contributed by atoms with Gasteiger partial charge in [-0.25, -0.2) is 4.98 Å². The Morgan fingerprint density at radius 2 is 2.11 bits per heavy atom. The van der Waals surface area contributed by atoms with E-state index in [0.29, 0.717) is 24.5 Å². The summed E-state index contributed by atoms with van der Waals surface area (Å²) < 4.78 is 0. The van der Waals surface area contributed by atoms with E-state index in [1.807, 2.05) is 0 Å². The van der Waals surface area contributed by atoms with Crippen LogP contribution in [0.15, 0.2) is 11.0 Å². The standard InChI is InChI=1S/C13H18N4O2/c1-8-6-15-13(16-12(8)19)17-9-3-2-4-10(17)7-14-11(18)5-9/h6,9-10H,2-5,7H2,1H3,(H,14,18)(H,15,16,19). The van der Waals surface area contributed by atoms with E-state index >= 15 is 0 Å². The number of carbonyl (C=O) groups is 1. The van der Waals surface area contributed by atoms with Crippen LogP contribution in [-0.4, -0.2) is 34.5 Å². The Labute approximate surface area is 111 Å². The second-order valence-corrected chi connectivity index (χ2v) is 5.37. The topological polar surface area (TPSA) is 78.1 Å². The van der Waals surface area contributed by atoms with Gasteiger partial charge in [-0.05, 0) is 26.2 Å². The molecule has 6 heteroatoms. The van der Waals surface area contributed by atoms with Gasteiger partial charge in [0.2, 0.25) is 11.9 Å². The molecule has 1 amide bonds. The number of fused-ring (bicyclic) bond motifs is 2. The minimum atomic E-state index is -0.105. The molecule has 2 aliphatic heterocycles. The second-order valence-electron chi connectivity index (χ2n) is 5.37. The fraction of sp³-hybridized carbons (Fsp3) is 0.615. The molecule has 2 bridgehead atoms. The number of hydrogen-bond acceptors (Lipinski definition) is 4. The number of H-pyrrole nitrogens is 1. The summed E-state index contributed by atoms with van der Waals surface area (Å²) in [5.74, 6) is 0.690.